The Labute approximate surface area is 161 Å². The van der Waals surface area contributed by atoms with Gasteiger partial charge in [-0.05, 0) is 36.6 Å². The molecule has 4 rings (SSSR count). The molecule has 0 saturated carbocycles. The van der Waals surface area contributed by atoms with E-state index in [1.54, 1.807) is 0 Å². The molecule has 0 spiro atoms. The van der Waals surface area contributed by atoms with Gasteiger partial charge < -0.3 is 10.2 Å². The average Bonchev–Trinajstić information content (AvgIpc) is 3.21. The lowest BCUT2D eigenvalue weighted by molar-refractivity contribution is 0.0928. The Kier molecular flexibility index (Phi) is 5.06. The van der Waals surface area contributed by atoms with Gasteiger partial charge in [0.25, 0.3) is 5.91 Å². The molecule has 1 aromatic heterocycles. The number of carbonyl (C=O) groups excluding carboxylic acids is 1. The van der Waals surface area contributed by atoms with Gasteiger partial charge in [-0.2, -0.15) is 5.10 Å². The fourth-order valence-corrected chi connectivity index (χ4v) is 3.48. The number of halogens is 2. The molecule has 144 valence electrons. The number of piperidine rings is 1. The minimum atomic E-state index is -0.730. The Hall–Kier alpha value is -3.22. The minimum absolute atomic E-state index is 0.166. The van der Waals surface area contributed by atoms with E-state index in [1.807, 2.05) is 36.4 Å². The summed E-state index contributed by atoms with van der Waals surface area (Å²) in [5.74, 6) is -1.17. The lowest BCUT2D eigenvalue weighted by Gasteiger charge is -2.33. The minimum Gasteiger partial charge on any atom is -0.353 e. The summed E-state index contributed by atoms with van der Waals surface area (Å²) in [6.45, 7) is 1.38. The molecule has 28 heavy (non-hydrogen) atoms. The lowest BCUT2D eigenvalue weighted by atomic mass is 10.0. The van der Waals surface area contributed by atoms with Crippen molar-refractivity contribution >= 4 is 11.7 Å². The van der Waals surface area contributed by atoms with Crippen molar-refractivity contribution in [2.45, 2.75) is 18.9 Å². The Morgan fingerprint density at radius 2 is 1.96 bits per heavy atom. The molecule has 0 bridgehead atoms. The second kappa shape index (κ2) is 7.80. The molecule has 1 aliphatic rings. The zero-order valence-corrected chi connectivity index (χ0v) is 15.2. The van der Waals surface area contributed by atoms with Crippen LogP contribution in [0.3, 0.4) is 0 Å². The predicted octanol–water partition coefficient (Wildman–Crippen LogP) is 3.75. The van der Waals surface area contributed by atoms with E-state index in [0.717, 1.165) is 54.7 Å². The number of hydrogen-bond acceptors (Lipinski definition) is 3. The quantitative estimate of drug-likeness (QED) is 0.722. The van der Waals surface area contributed by atoms with Gasteiger partial charge in [-0.15, -0.1) is 0 Å². The summed E-state index contributed by atoms with van der Waals surface area (Å²) < 4.78 is 27.2. The van der Waals surface area contributed by atoms with Crippen LogP contribution in [0.4, 0.5) is 14.6 Å². The van der Waals surface area contributed by atoms with Gasteiger partial charge >= 0.3 is 0 Å². The second-order valence-corrected chi connectivity index (χ2v) is 6.89. The summed E-state index contributed by atoms with van der Waals surface area (Å²) in [7, 11) is 0. The Morgan fingerprint density at radius 1 is 1.14 bits per heavy atom. The van der Waals surface area contributed by atoms with Crippen LogP contribution in [0.2, 0.25) is 0 Å². The number of H-pyrrole nitrogens is 1. The highest BCUT2D eigenvalue weighted by Crippen LogP contribution is 2.24. The SMILES string of the molecule is O=C(NC1CCCN(c2cc(-c3ccccc3)[nH]n2)C1)c1cc(F)ccc1F. The van der Waals surface area contributed by atoms with Gasteiger partial charge in [0.1, 0.15) is 11.6 Å². The van der Waals surface area contributed by atoms with E-state index < -0.39 is 17.5 Å². The molecular weight excluding hydrogens is 362 g/mol. The van der Waals surface area contributed by atoms with Gasteiger partial charge in [-0.3, -0.25) is 9.89 Å². The highest BCUT2D eigenvalue weighted by molar-refractivity contribution is 5.94. The van der Waals surface area contributed by atoms with E-state index in [-0.39, 0.29) is 11.6 Å². The molecular formula is C21H20F2N4O. The lowest BCUT2D eigenvalue weighted by Crippen LogP contribution is -2.48. The van der Waals surface area contributed by atoms with E-state index in [2.05, 4.69) is 20.4 Å². The van der Waals surface area contributed by atoms with E-state index >= 15 is 0 Å². The maximum absolute atomic E-state index is 13.8. The molecule has 7 heteroatoms. The maximum Gasteiger partial charge on any atom is 0.254 e. The van der Waals surface area contributed by atoms with Crippen molar-refractivity contribution in [3.63, 3.8) is 0 Å². The van der Waals surface area contributed by atoms with Crippen LogP contribution in [0, 0.1) is 11.6 Å². The topological polar surface area (TPSA) is 61.0 Å². The van der Waals surface area contributed by atoms with Gasteiger partial charge in [0.05, 0.1) is 11.3 Å². The summed E-state index contributed by atoms with van der Waals surface area (Å²) in [6, 6.07) is 14.6. The summed E-state index contributed by atoms with van der Waals surface area (Å²) in [5.41, 5.74) is 1.69. The fourth-order valence-electron chi connectivity index (χ4n) is 3.48. The largest absolute Gasteiger partial charge is 0.353 e. The number of aromatic amines is 1. The monoisotopic (exact) mass is 382 g/mol. The molecule has 1 fully saturated rings. The number of benzene rings is 2. The number of anilines is 1. The number of hydrogen-bond donors (Lipinski definition) is 2. The number of rotatable bonds is 4. The van der Waals surface area contributed by atoms with Crippen LogP contribution in [-0.2, 0) is 0 Å². The first-order chi connectivity index (χ1) is 13.6. The van der Waals surface area contributed by atoms with Crippen molar-refractivity contribution in [3.05, 3.63) is 71.8 Å². The Bertz CT molecular complexity index is 974. The molecule has 1 amide bonds. The third kappa shape index (κ3) is 3.88. The molecule has 1 aliphatic heterocycles. The summed E-state index contributed by atoms with van der Waals surface area (Å²) in [4.78, 5) is 14.4. The van der Waals surface area contributed by atoms with Crippen LogP contribution in [0.1, 0.15) is 23.2 Å². The van der Waals surface area contributed by atoms with Crippen molar-refractivity contribution in [2.75, 3.05) is 18.0 Å². The normalized spacial score (nSPS) is 16.8. The van der Waals surface area contributed by atoms with Crippen LogP contribution in [0.25, 0.3) is 11.3 Å². The molecule has 1 saturated heterocycles. The molecule has 1 unspecified atom stereocenters. The van der Waals surface area contributed by atoms with Crippen molar-refractivity contribution in [2.24, 2.45) is 0 Å². The maximum atomic E-state index is 13.8. The van der Waals surface area contributed by atoms with Gasteiger partial charge in [-0.1, -0.05) is 30.3 Å². The molecule has 2 aromatic carbocycles. The average molecular weight is 382 g/mol. The zero-order valence-electron chi connectivity index (χ0n) is 15.2. The van der Waals surface area contributed by atoms with Crippen molar-refractivity contribution in [1.29, 1.82) is 0 Å². The number of amides is 1. The van der Waals surface area contributed by atoms with E-state index in [4.69, 9.17) is 0 Å². The van der Waals surface area contributed by atoms with Gasteiger partial charge in [-0.25, -0.2) is 8.78 Å². The molecule has 5 nitrogen and oxygen atoms in total. The number of nitrogens with one attached hydrogen (secondary N) is 2. The zero-order chi connectivity index (χ0) is 19.5. The van der Waals surface area contributed by atoms with Gasteiger partial charge in [0, 0.05) is 25.2 Å². The van der Waals surface area contributed by atoms with Crippen LogP contribution in [-0.4, -0.2) is 35.2 Å². The fraction of sp³-hybridized carbons (Fsp3) is 0.238. The van der Waals surface area contributed by atoms with Crippen LogP contribution in [0.15, 0.2) is 54.6 Å². The Morgan fingerprint density at radius 3 is 2.79 bits per heavy atom. The highest BCUT2D eigenvalue weighted by Gasteiger charge is 2.24. The van der Waals surface area contributed by atoms with E-state index in [0.29, 0.717) is 6.54 Å². The molecule has 2 heterocycles. The molecule has 3 aromatic rings. The van der Waals surface area contributed by atoms with Gasteiger partial charge in [0.15, 0.2) is 5.82 Å². The number of carbonyl (C=O) groups is 1. The van der Waals surface area contributed by atoms with E-state index in [9.17, 15) is 13.6 Å². The summed E-state index contributed by atoms with van der Waals surface area (Å²) >= 11 is 0. The predicted molar refractivity (Wildman–Crippen MR) is 103 cm³/mol. The first kappa shape index (κ1) is 18.2. The summed E-state index contributed by atoms with van der Waals surface area (Å²) in [5, 5.41) is 10.3. The number of nitrogens with zero attached hydrogens (tertiary/aromatic N) is 2. The highest BCUT2D eigenvalue weighted by atomic mass is 19.1. The molecule has 0 aliphatic carbocycles. The standard InChI is InChI=1S/C21H20F2N4O/c22-15-8-9-18(23)17(11-15)21(28)24-16-7-4-10-27(13-16)20-12-19(25-26-20)14-5-2-1-3-6-14/h1-3,5-6,8-9,11-12,16H,4,7,10,13H2,(H,24,28)(H,25,26). The van der Waals surface area contributed by atoms with Crippen molar-refractivity contribution in [3.8, 4) is 11.3 Å². The summed E-state index contributed by atoms with van der Waals surface area (Å²) in [6.07, 6.45) is 1.64. The smallest absolute Gasteiger partial charge is 0.254 e. The first-order valence-electron chi connectivity index (χ1n) is 9.22. The van der Waals surface area contributed by atoms with E-state index in [1.165, 1.54) is 0 Å². The van der Waals surface area contributed by atoms with Crippen LogP contribution >= 0.6 is 0 Å². The van der Waals surface area contributed by atoms with Crippen molar-refractivity contribution < 1.29 is 13.6 Å². The van der Waals surface area contributed by atoms with Crippen molar-refractivity contribution in [1.82, 2.24) is 15.5 Å². The first-order valence-corrected chi connectivity index (χ1v) is 9.22. The third-order valence-electron chi connectivity index (χ3n) is 4.90. The second-order valence-electron chi connectivity index (χ2n) is 6.89. The third-order valence-corrected chi connectivity index (χ3v) is 4.90. The molecule has 2 N–H and O–H groups in total. The number of aromatic nitrogens is 2. The molecule has 0 radical (unpaired) electrons. The Balaban J connectivity index is 1.44. The van der Waals surface area contributed by atoms with Crippen LogP contribution in [0.5, 0.6) is 0 Å². The van der Waals surface area contributed by atoms with Gasteiger partial charge in [0.2, 0.25) is 0 Å². The molecule has 1 atom stereocenters. The van der Waals surface area contributed by atoms with Crippen LogP contribution < -0.4 is 10.2 Å².